The summed E-state index contributed by atoms with van der Waals surface area (Å²) in [5.41, 5.74) is -3.20. The van der Waals surface area contributed by atoms with Gasteiger partial charge in [-0.05, 0) is 19.3 Å². The van der Waals surface area contributed by atoms with Gasteiger partial charge < -0.3 is 9.47 Å². The summed E-state index contributed by atoms with van der Waals surface area (Å²) < 4.78 is 12.0. The van der Waals surface area contributed by atoms with Crippen molar-refractivity contribution in [2.45, 2.75) is 63.8 Å². The fourth-order valence-corrected chi connectivity index (χ4v) is 4.62. The second-order valence-electron chi connectivity index (χ2n) is 6.74. The van der Waals surface area contributed by atoms with Gasteiger partial charge in [0.15, 0.2) is 10.8 Å². The first-order chi connectivity index (χ1) is 11.1. The average Bonchev–Trinajstić information content (AvgIpc) is 2.78. The van der Waals surface area contributed by atoms with E-state index in [9.17, 15) is 15.8 Å². The third kappa shape index (κ3) is 1.66. The van der Waals surface area contributed by atoms with E-state index >= 15 is 0 Å². The minimum absolute atomic E-state index is 0.256. The zero-order chi connectivity index (χ0) is 16.7. The maximum Gasteiger partial charge on any atom is 0.217 e. The van der Waals surface area contributed by atoms with Gasteiger partial charge in [0, 0.05) is 6.42 Å². The highest BCUT2D eigenvalue weighted by Crippen LogP contribution is 2.66. The van der Waals surface area contributed by atoms with Crippen LogP contribution in [0.25, 0.3) is 0 Å². The van der Waals surface area contributed by atoms with Gasteiger partial charge in [-0.3, -0.25) is 5.41 Å². The quantitative estimate of drug-likeness (QED) is 0.860. The van der Waals surface area contributed by atoms with E-state index in [-0.39, 0.29) is 5.90 Å². The highest BCUT2D eigenvalue weighted by Gasteiger charge is 2.79. The minimum Gasteiger partial charge on any atom is -0.447 e. The molecule has 2 heterocycles. The first-order valence-corrected chi connectivity index (χ1v) is 8.26. The summed E-state index contributed by atoms with van der Waals surface area (Å²) in [4.78, 5) is 0. The standard InChI is InChI=1S/C17H20N4O2/c1-2-3-7-13-15(9-18,10-19)16(11-20)12-6-4-5-8-17(12,22-13)23-14(16)21/h12-13,21H,2-8H2,1H3/t12-,13-,16+,17+/m0/s1. The van der Waals surface area contributed by atoms with Crippen LogP contribution < -0.4 is 0 Å². The number of rotatable bonds is 3. The molecule has 4 atom stereocenters. The van der Waals surface area contributed by atoms with Crippen LogP contribution in [0.1, 0.15) is 51.9 Å². The molecule has 0 radical (unpaired) electrons. The van der Waals surface area contributed by atoms with Crippen LogP contribution >= 0.6 is 0 Å². The average molecular weight is 312 g/mol. The van der Waals surface area contributed by atoms with Gasteiger partial charge in [-0.15, -0.1) is 0 Å². The highest BCUT2D eigenvalue weighted by molar-refractivity contribution is 5.89. The molecule has 3 aliphatic rings. The smallest absolute Gasteiger partial charge is 0.217 e. The van der Waals surface area contributed by atoms with Crippen molar-refractivity contribution in [1.82, 2.24) is 0 Å². The molecule has 23 heavy (non-hydrogen) atoms. The zero-order valence-corrected chi connectivity index (χ0v) is 13.3. The molecule has 3 rings (SSSR count). The van der Waals surface area contributed by atoms with E-state index in [2.05, 4.69) is 18.2 Å². The Morgan fingerprint density at radius 1 is 1.22 bits per heavy atom. The van der Waals surface area contributed by atoms with Gasteiger partial charge in [0.05, 0.1) is 30.2 Å². The van der Waals surface area contributed by atoms with E-state index < -0.39 is 28.6 Å². The number of nitrogens with zero attached hydrogens (tertiary/aromatic N) is 3. The molecule has 0 amide bonds. The van der Waals surface area contributed by atoms with Crippen LogP contribution in [0.5, 0.6) is 0 Å². The predicted octanol–water partition coefficient (Wildman–Crippen LogP) is 3.01. The molecule has 0 aromatic heterocycles. The van der Waals surface area contributed by atoms with Crippen molar-refractivity contribution in [3.05, 3.63) is 0 Å². The molecular weight excluding hydrogens is 292 g/mol. The fourth-order valence-electron chi connectivity index (χ4n) is 4.62. The van der Waals surface area contributed by atoms with E-state index in [4.69, 9.17) is 14.9 Å². The Labute approximate surface area is 136 Å². The zero-order valence-electron chi connectivity index (χ0n) is 13.3. The summed E-state index contributed by atoms with van der Waals surface area (Å²) >= 11 is 0. The number of nitriles is 3. The lowest BCUT2D eigenvalue weighted by molar-refractivity contribution is -0.292. The summed E-state index contributed by atoms with van der Waals surface area (Å²) in [6.45, 7) is 2.03. The molecule has 2 aliphatic heterocycles. The maximum absolute atomic E-state index is 9.99. The Morgan fingerprint density at radius 3 is 2.57 bits per heavy atom. The molecule has 0 unspecified atom stereocenters. The van der Waals surface area contributed by atoms with Gasteiger partial charge in [-0.2, -0.15) is 15.8 Å². The molecular formula is C17H20N4O2. The van der Waals surface area contributed by atoms with Crippen LogP contribution in [0.3, 0.4) is 0 Å². The summed E-state index contributed by atoms with van der Waals surface area (Å²) in [6.07, 6.45) is 4.56. The van der Waals surface area contributed by atoms with Gasteiger partial charge in [-0.25, -0.2) is 0 Å². The van der Waals surface area contributed by atoms with E-state index in [1.165, 1.54) is 0 Å². The minimum atomic E-state index is -1.68. The maximum atomic E-state index is 9.99. The molecule has 6 heteroatoms. The van der Waals surface area contributed by atoms with Crippen molar-refractivity contribution < 1.29 is 9.47 Å². The number of hydrogen-bond acceptors (Lipinski definition) is 6. The van der Waals surface area contributed by atoms with Gasteiger partial charge in [0.1, 0.15) is 0 Å². The van der Waals surface area contributed by atoms with Gasteiger partial charge >= 0.3 is 0 Å². The predicted molar refractivity (Wildman–Crippen MR) is 79.6 cm³/mol. The molecule has 6 nitrogen and oxygen atoms in total. The van der Waals surface area contributed by atoms with Gasteiger partial charge in [-0.1, -0.05) is 26.2 Å². The number of unbranched alkanes of at least 4 members (excludes halogenated alkanes) is 1. The molecule has 1 aliphatic carbocycles. The van der Waals surface area contributed by atoms with Crippen LogP contribution in [0.4, 0.5) is 0 Å². The second-order valence-corrected chi connectivity index (χ2v) is 6.74. The Morgan fingerprint density at radius 2 is 1.96 bits per heavy atom. The topological polar surface area (TPSA) is 114 Å². The van der Waals surface area contributed by atoms with Crippen molar-refractivity contribution in [3.63, 3.8) is 0 Å². The molecule has 3 fully saturated rings. The monoisotopic (exact) mass is 312 g/mol. The molecule has 0 aromatic carbocycles. The highest BCUT2D eigenvalue weighted by atomic mass is 16.7. The normalized spacial score (nSPS) is 40.2. The van der Waals surface area contributed by atoms with Gasteiger partial charge in [0.2, 0.25) is 11.7 Å². The Hall–Kier alpha value is -2.10. The molecule has 2 saturated heterocycles. The summed E-state index contributed by atoms with van der Waals surface area (Å²) in [5, 5.41) is 38.1. The summed E-state index contributed by atoms with van der Waals surface area (Å²) in [6, 6.07) is 6.33. The fraction of sp³-hybridized carbons (Fsp3) is 0.765. The lowest BCUT2D eigenvalue weighted by atomic mass is 9.51. The van der Waals surface area contributed by atoms with Crippen LogP contribution in [0.2, 0.25) is 0 Å². The Kier molecular flexibility index (Phi) is 3.58. The van der Waals surface area contributed by atoms with E-state index in [0.717, 1.165) is 25.7 Å². The number of hydrogen-bond donors (Lipinski definition) is 1. The van der Waals surface area contributed by atoms with E-state index in [1.54, 1.807) is 0 Å². The van der Waals surface area contributed by atoms with Crippen LogP contribution in [0, 0.1) is 56.2 Å². The molecule has 2 bridgehead atoms. The van der Waals surface area contributed by atoms with E-state index in [1.807, 2.05) is 6.92 Å². The van der Waals surface area contributed by atoms with Crippen molar-refractivity contribution >= 4 is 5.90 Å². The van der Waals surface area contributed by atoms with E-state index in [0.29, 0.717) is 19.3 Å². The first-order valence-electron chi connectivity index (χ1n) is 8.26. The number of nitrogens with one attached hydrogen (secondary N) is 1. The van der Waals surface area contributed by atoms with Gasteiger partial charge in [0.25, 0.3) is 0 Å². The lowest BCUT2D eigenvalue weighted by Gasteiger charge is -2.51. The SMILES string of the molecule is CCCC[C@@H]1O[C@@]23CCCC[C@H]2[C@](C#N)(C(=N)O3)C1(C#N)C#N. The largest absolute Gasteiger partial charge is 0.447 e. The summed E-state index contributed by atoms with van der Waals surface area (Å²) in [5.74, 6) is -1.67. The molecule has 0 spiro atoms. The Balaban J connectivity index is 2.20. The third-order valence-electron chi connectivity index (χ3n) is 5.75. The van der Waals surface area contributed by atoms with Crippen LogP contribution in [0.15, 0.2) is 0 Å². The van der Waals surface area contributed by atoms with Crippen LogP contribution in [-0.2, 0) is 9.47 Å². The molecule has 120 valence electrons. The van der Waals surface area contributed by atoms with Crippen molar-refractivity contribution in [3.8, 4) is 18.2 Å². The molecule has 1 N–H and O–H groups in total. The van der Waals surface area contributed by atoms with Crippen molar-refractivity contribution in [2.24, 2.45) is 16.7 Å². The Bertz CT molecular complexity index is 641. The first kappa shape index (κ1) is 15.8. The lowest BCUT2D eigenvalue weighted by Crippen LogP contribution is -2.63. The molecule has 1 saturated carbocycles. The third-order valence-corrected chi connectivity index (χ3v) is 5.75. The van der Waals surface area contributed by atoms with Crippen molar-refractivity contribution in [1.29, 1.82) is 21.2 Å². The number of ether oxygens (including phenoxy) is 2. The van der Waals surface area contributed by atoms with Crippen molar-refractivity contribution in [2.75, 3.05) is 0 Å². The van der Waals surface area contributed by atoms with Crippen LogP contribution in [-0.4, -0.2) is 17.8 Å². The summed E-state index contributed by atoms with van der Waals surface area (Å²) in [7, 11) is 0. The molecule has 0 aromatic rings. The second kappa shape index (κ2) is 5.22.